The lowest BCUT2D eigenvalue weighted by molar-refractivity contribution is 0.248. The van der Waals surface area contributed by atoms with E-state index in [4.69, 9.17) is 9.47 Å². The van der Waals surface area contributed by atoms with E-state index in [1.807, 2.05) is 34.9 Å². The van der Waals surface area contributed by atoms with Gasteiger partial charge in [0.1, 0.15) is 11.9 Å². The summed E-state index contributed by atoms with van der Waals surface area (Å²) in [4.78, 5) is 17.2. The van der Waals surface area contributed by atoms with Gasteiger partial charge in [-0.2, -0.15) is 0 Å². The van der Waals surface area contributed by atoms with Crippen molar-refractivity contribution in [1.82, 2.24) is 9.55 Å². The highest BCUT2D eigenvalue weighted by Crippen LogP contribution is 2.33. The number of methoxy groups -OCH3 is 1. The molecule has 3 aromatic rings. The van der Waals surface area contributed by atoms with Crippen molar-refractivity contribution in [2.24, 2.45) is 0 Å². The van der Waals surface area contributed by atoms with Gasteiger partial charge in [-0.05, 0) is 24.3 Å². The van der Waals surface area contributed by atoms with E-state index in [9.17, 15) is 4.79 Å². The minimum Gasteiger partial charge on any atom is -0.497 e. The average Bonchev–Trinajstić information content (AvgIpc) is 3.06. The quantitative estimate of drug-likeness (QED) is 0.649. The molecule has 0 radical (unpaired) electrons. The predicted octanol–water partition coefficient (Wildman–Crippen LogP) is 3.09. The molecule has 0 aliphatic carbocycles. The van der Waals surface area contributed by atoms with Crippen LogP contribution in [0, 0.1) is 0 Å². The number of alkyl halides is 1. The third-order valence-corrected chi connectivity index (χ3v) is 4.89. The van der Waals surface area contributed by atoms with Gasteiger partial charge < -0.3 is 9.47 Å². The summed E-state index contributed by atoms with van der Waals surface area (Å²) in [7, 11) is 1.63. The molecule has 0 spiro atoms. The molecule has 1 aliphatic rings. The molecule has 1 aromatic carbocycles. The standard InChI is InChI=1S/C18H15BrN2O3/c1-23-12-5-2-4-11(8-12)21-17-14(6-3-7-20-17)16(22)15-9-13(10-19)24-18(15)21/h2-8,13H,9-10H2,1H3. The van der Waals surface area contributed by atoms with Crippen molar-refractivity contribution in [3.63, 3.8) is 0 Å². The zero-order valence-electron chi connectivity index (χ0n) is 13.0. The molecule has 1 aliphatic heterocycles. The Morgan fingerprint density at radius 2 is 2.25 bits per heavy atom. The Kier molecular flexibility index (Phi) is 3.76. The van der Waals surface area contributed by atoms with Gasteiger partial charge in [0.15, 0.2) is 11.1 Å². The Morgan fingerprint density at radius 1 is 1.38 bits per heavy atom. The van der Waals surface area contributed by atoms with Crippen LogP contribution in [0.2, 0.25) is 0 Å². The zero-order valence-corrected chi connectivity index (χ0v) is 14.6. The highest BCUT2D eigenvalue weighted by Gasteiger charge is 2.30. The van der Waals surface area contributed by atoms with Gasteiger partial charge in [0.05, 0.1) is 23.7 Å². The van der Waals surface area contributed by atoms with Crippen LogP contribution in [0.1, 0.15) is 5.56 Å². The van der Waals surface area contributed by atoms with Gasteiger partial charge in [-0.15, -0.1) is 0 Å². The van der Waals surface area contributed by atoms with Crippen molar-refractivity contribution in [1.29, 1.82) is 0 Å². The summed E-state index contributed by atoms with van der Waals surface area (Å²) in [6.45, 7) is 0. The third kappa shape index (κ3) is 2.29. The maximum Gasteiger partial charge on any atom is 0.207 e. The number of ether oxygens (including phenoxy) is 2. The SMILES string of the molecule is COc1cccc(-n2c3c(c(=O)c4cccnc42)CC(CBr)O3)c1. The molecule has 0 bridgehead atoms. The first-order chi connectivity index (χ1) is 11.7. The van der Waals surface area contributed by atoms with Crippen LogP contribution >= 0.6 is 15.9 Å². The molecule has 5 nitrogen and oxygen atoms in total. The van der Waals surface area contributed by atoms with E-state index in [0.717, 1.165) is 11.4 Å². The number of fused-ring (bicyclic) bond motifs is 2. The van der Waals surface area contributed by atoms with E-state index in [0.29, 0.717) is 34.2 Å². The molecule has 0 N–H and O–H groups in total. The summed E-state index contributed by atoms with van der Waals surface area (Å²) >= 11 is 3.45. The highest BCUT2D eigenvalue weighted by atomic mass is 79.9. The third-order valence-electron chi connectivity index (χ3n) is 4.17. The van der Waals surface area contributed by atoms with Crippen LogP contribution in [0.3, 0.4) is 0 Å². The molecule has 0 saturated heterocycles. The van der Waals surface area contributed by atoms with E-state index in [2.05, 4.69) is 20.9 Å². The summed E-state index contributed by atoms with van der Waals surface area (Å²) in [5, 5.41) is 1.26. The summed E-state index contributed by atoms with van der Waals surface area (Å²) in [5.74, 6) is 1.31. The van der Waals surface area contributed by atoms with Gasteiger partial charge in [0.2, 0.25) is 5.88 Å². The van der Waals surface area contributed by atoms with Crippen molar-refractivity contribution in [3.8, 4) is 17.3 Å². The van der Waals surface area contributed by atoms with Crippen LogP contribution in [-0.2, 0) is 6.42 Å². The van der Waals surface area contributed by atoms with Gasteiger partial charge in [-0.3, -0.25) is 9.36 Å². The van der Waals surface area contributed by atoms with Crippen LogP contribution < -0.4 is 14.9 Å². The Bertz CT molecular complexity index is 984. The van der Waals surface area contributed by atoms with Crippen molar-refractivity contribution in [2.45, 2.75) is 12.5 Å². The first-order valence-corrected chi connectivity index (χ1v) is 8.74. The topological polar surface area (TPSA) is 53.4 Å². The van der Waals surface area contributed by atoms with Gasteiger partial charge >= 0.3 is 0 Å². The monoisotopic (exact) mass is 386 g/mol. The second-order valence-electron chi connectivity index (χ2n) is 5.62. The molecule has 1 atom stereocenters. The van der Waals surface area contributed by atoms with Gasteiger partial charge in [0.25, 0.3) is 0 Å². The summed E-state index contributed by atoms with van der Waals surface area (Å²) < 4.78 is 13.3. The van der Waals surface area contributed by atoms with Crippen molar-refractivity contribution in [3.05, 3.63) is 58.4 Å². The maximum atomic E-state index is 12.8. The molecule has 2 aromatic heterocycles. The van der Waals surface area contributed by atoms with Crippen molar-refractivity contribution >= 4 is 27.0 Å². The van der Waals surface area contributed by atoms with Crippen LogP contribution in [0.4, 0.5) is 0 Å². The van der Waals surface area contributed by atoms with Crippen LogP contribution in [-0.4, -0.2) is 28.1 Å². The van der Waals surface area contributed by atoms with Crippen LogP contribution in [0.5, 0.6) is 11.6 Å². The second-order valence-corrected chi connectivity index (χ2v) is 6.27. The number of benzene rings is 1. The fourth-order valence-electron chi connectivity index (χ4n) is 3.05. The van der Waals surface area contributed by atoms with Gasteiger partial charge in [-0.1, -0.05) is 22.0 Å². The minimum atomic E-state index is -0.0543. The molecule has 0 saturated carbocycles. The maximum absolute atomic E-state index is 12.8. The Hall–Kier alpha value is -2.34. The number of nitrogens with zero attached hydrogens (tertiary/aromatic N) is 2. The number of rotatable bonds is 3. The van der Waals surface area contributed by atoms with Crippen LogP contribution in [0.25, 0.3) is 16.7 Å². The Morgan fingerprint density at radius 3 is 3.04 bits per heavy atom. The summed E-state index contributed by atoms with van der Waals surface area (Å²) in [6, 6.07) is 11.2. The van der Waals surface area contributed by atoms with Crippen LogP contribution in [0.15, 0.2) is 47.4 Å². The number of aromatic nitrogens is 2. The summed E-state index contributed by atoms with van der Waals surface area (Å²) in [6.07, 6.45) is 2.22. The normalized spacial score (nSPS) is 16.0. The van der Waals surface area contributed by atoms with Crippen molar-refractivity contribution in [2.75, 3.05) is 12.4 Å². The number of halogens is 1. The van der Waals surface area contributed by atoms with E-state index in [1.54, 1.807) is 19.4 Å². The Labute approximate surface area is 147 Å². The van der Waals surface area contributed by atoms with E-state index in [1.165, 1.54) is 0 Å². The number of hydrogen-bond donors (Lipinski definition) is 0. The molecular formula is C18H15BrN2O3. The minimum absolute atomic E-state index is 0.00399. The van der Waals surface area contributed by atoms with E-state index in [-0.39, 0.29) is 11.5 Å². The van der Waals surface area contributed by atoms with E-state index >= 15 is 0 Å². The molecule has 4 rings (SSSR count). The Balaban J connectivity index is 2.07. The summed E-state index contributed by atoms with van der Waals surface area (Å²) in [5.41, 5.74) is 2.13. The highest BCUT2D eigenvalue weighted by molar-refractivity contribution is 9.09. The van der Waals surface area contributed by atoms with Crippen molar-refractivity contribution < 1.29 is 9.47 Å². The smallest absolute Gasteiger partial charge is 0.207 e. The molecular weight excluding hydrogens is 372 g/mol. The zero-order chi connectivity index (χ0) is 16.7. The molecule has 3 heterocycles. The molecule has 122 valence electrons. The lowest BCUT2D eigenvalue weighted by atomic mass is 10.1. The van der Waals surface area contributed by atoms with Gasteiger partial charge in [-0.25, -0.2) is 4.98 Å². The predicted molar refractivity (Wildman–Crippen MR) is 95.8 cm³/mol. The lowest BCUT2D eigenvalue weighted by Crippen LogP contribution is -2.15. The molecule has 0 amide bonds. The van der Waals surface area contributed by atoms with Gasteiger partial charge in [0, 0.05) is 24.0 Å². The molecule has 0 fully saturated rings. The number of pyridine rings is 2. The average molecular weight is 387 g/mol. The number of hydrogen-bond acceptors (Lipinski definition) is 4. The second kappa shape index (κ2) is 5.94. The molecule has 6 heteroatoms. The van der Waals surface area contributed by atoms with E-state index < -0.39 is 0 Å². The lowest BCUT2D eigenvalue weighted by Gasteiger charge is -2.16. The fourth-order valence-corrected chi connectivity index (χ4v) is 3.41. The largest absolute Gasteiger partial charge is 0.497 e. The molecule has 24 heavy (non-hydrogen) atoms. The first kappa shape index (κ1) is 15.2. The molecule has 1 unspecified atom stereocenters. The fraction of sp³-hybridized carbons (Fsp3) is 0.222. The first-order valence-electron chi connectivity index (χ1n) is 7.62.